The SMILES string of the molecule is CC1CN1CCCCN1CC1C. The van der Waals surface area contributed by atoms with Crippen molar-refractivity contribution in [2.45, 2.75) is 38.8 Å². The summed E-state index contributed by atoms with van der Waals surface area (Å²) in [6.45, 7) is 9.99. The van der Waals surface area contributed by atoms with Gasteiger partial charge in [0.1, 0.15) is 0 Å². The molecule has 0 N–H and O–H groups in total. The van der Waals surface area contributed by atoms with Crippen molar-refractivity contribution in [3.05, 3.63) is 0 Å². The molecular weight excluding hydrogens is 148 g/mol. The number of rotatable bonds is 5. The molecule has 2 fully saturated rings. The monoisotopic (exact) mass is 168 g/mol. The summed E-state index contributed by atoms with van der Waals surface area (Å²) in [4.78, 5) is 5.09. The van der Waals surface area contributed by atoms with E-state index in [0.29, 0.717) is 0 Å². The van der Waals surface area contributed by atoms with Crippen LogP contribution in [0.2, 0.25) is 0 Å². The molecule has 2 aliphatic rings. The summed E-state index contributed by atoms with van der Waals surface area (Å²) < 4.78 is 0. The predicted octanol–water partition coefficient (Wildman–Crippen LogP) is 1.17. The summed E-state index contributed by atoms with van der Waals surface area (Å²) in [6, 6.07) is 1.79. The maximum absolute atomic E-state index is 2.55. The molecule has 0 amide bonds. The molecule has 0 saturated carbocycles. The molecule has 2 heterocycles. The average Bonchev–Trinajstić information content (AvgIpc) is 2.88. The van der Waals surface area contributed by atoms with Crippen LogP contribution in [0.1, 0.15) is 26.7 Å². The molecule has 0 aromatic rings. The first kappa shape index (κ1) is 8.52. The Balaban J connectivity index is 1.42. The lowest BCUT2D eigenvalue weighted by atomic mass is 10.3. The second kappa shape index (κ2) is 3.35. The van der Waals surface area contributed by atoms with Crippen molar-refractivity contribution in [3.8, 4) is 0 Å². The molecule has 4 unspecified atom stereocenters. The molecule has 0 aliphatic carbocycles. The molecule has 2 rings (SSSR count). The second-order valence-corrected chi connectivity index (χ2v) is 4.40. The Morgan fingerprint density at radius 2 is 1.25 bits per heavy atom. The summed E-state index contributed by atoms with van der Waals surface area (Å²) in [5.74, 6) is 0. The van der Waals surface area contributed by atoms with E-state index in [1.807, 2.05) is 0 Å². The molecule has 2 saturated heterocycles. The van der Waals surface area contributed by atoms with E-state index in [2.05, 4.69) is 23.6 Å². The minimum Gasteiger partial charge on any atom is -0.298 e. The van der Waals surface area contributed by atoms with E-state index in [1.54, 1.807) is 0 Å². The summed E-state index contributed by atoms with van der Waals surface area (Å²) in [7, 11) is 0. The Hall–Kier alpha value is -0.0800. The molecule has 0 aromatic carbocycles. The van der Waals surface area contributed by atoms with Crippen LogP contribution >= 0.6 is 0 Å². The molecule has 12 heavy (non-hydrogen) atoms. The highest BCUT2D eigenvalue weighted by Crippen LogP contribution is 2.19. The maximum atomic E-state index is 2.55. The molecule has 4 atom stereocenters. The van der Waals surface area contributed by atoms with Crippen LogP contribution in [0.5, 0.6) is 0 Å². The van der Waals surface area contributed by atoms with Crippen LogP contribution in [0.3, 0.4) is 0 Å². The topological polar surface area (TPSA) is 6.02 Å². The van der Waals surface area contributed by atoms with E-state index in [-0.39, 0.29) is 0 Å². The molecule has 0 bridgehead atoms. The fourth-order valence-corrected chi connectivity index (χ4v) is 1.84. The van der Waals surface area contributed by atoms with Crippen molar-refractivity contribution >= 4 is 0 Å². The fraction of sp³-hybridized carbons (Fsp3) is 1.00. The van der Waals surface area contributed by atoms with Gasteiger partial charge in [0.05, 0.1) is 0 Å². The van der Waals surface area contributed by atoms with Gasteiger partial charge in [-0.1, -0.05) is 0 Å². The lowest BCUT2D eigenvalue weighted by Crippen LogP contribution is -2.07. The van der Waals surface area contributed by atoms with E-state index in [1.165, 1.54) is 39.0 Å². The average molecular weight is 168 g/mol. The Kier molecular flexibility index (Phi) is 2.37. The van der Waals surface area contributed by atoms with Gasteiger partial charge in [0.25, 0.3) is 0 Å². The zero-order chi connectivity index (χ0) is 8.55. The molecule has 2 aliphatic heterocycles. The van der Waals surface area contributed by atoms with Crippen molar-refractivity contribution in [3.63, 3.8) is 0 Å². The van der Waals surface area contributed by atoms with Crippen LogP contribution in [0.15, 0.2) is 0 Å². The number of unbranched alkanes of at least 4 members (excludes halogenated alkanes) is 1. The van der Waals surface area contributed by atoms with Crippen molar-refractivity contribution in [2.24, 2.45) is 0 Å². The highest BCUT2D eigenvalue weighted by molar-refractivity contribution is 4.86. The first-order valence-electron chi connectivity index (χ1n) is 5.25. The standard InChI is InChI=1S/C10H20N2/c1-9-7-11(9)5-3-4-6-12-8-10(12)2/h9-10H,3-8H2,1-2H3. The van der Waals surface area contributed by atoms with Gasteiger partial charge in [-0.15, -0.1) is 0 Å². The van der Waals surface area contributed by atoms with Gasteiger partial charge >= 0.3 is 0 Å². The summed E-state index contributed by atoms with van der Waals surface area (Å²) in [5.41, 5.74) is 0. The lowest BCUT2D eigenvalue weighted by molar-refractivity contribution is 0.442. The summed E-state index contributed by atoms with van der Waals surface area (Å²) >= 11 is 0. The quantitative estimate of drug-likeness (QED) is 0.449. The van der Waals surface area contributed by atoms with Gasteiger partial charge < -0.3 is 0 Å². The Labute approximate surface area is 75.5 Å². The van der Waals surface area contributed by atoms with Crippen LogP contribution in [0.4, 0.5) is 0 Å². The van der Waals surface area contributed by atoms with Crippen LogP contribution in [-0.4, -0.2) is 48.1 Å². The molecular formula is C10H20N2. The number of nitrogens with zero attached hydrogens (tertiary/aromatic N) is 2. The molecule has 0 spiro atoms. The minimum atomic E-state index is 0.894. The predicted molar refractivity (Wildman–Crippen MR) is 51.3 cm³/mol. The molecule has 0 radical (unpaired) electrons. The first-order chi connectivity index (χ1) is 5.77. The third-order valence-corrected chi connectivity index (χ3v) is 3.12. The van der Waals surface area contributed by atoms with Crippen molar-refractivity contribution in [1.82, 2.24) is 9.80 Å². The van der Waals surface area contributed by atoms with Crippen LogP contribution in [0, 0.1) is 0 Å². The van der Waals surface area contributed by atoms with Crippen LogP contribution in [0.25, 0.3) is 0 Å². The summed E-state index contributed by atoms with van der Waals surface area (Å²) in [5, 5.41) is 0. The zero-order valence-electron chi connectivity index (χ0n) is 8.29. The van der Waals surface area contributed by atoms with Crippen LogP contribution in [-0.2, 0) is 0 Å². The zero-order valence-corrected chi connectivity index (χ0v) is 8.29. The van der Waals surface area contributed by atoms with E-state index >= 15 is 0 Å². The third-order valence-electron chi connectivity index (χ3n) is 3.12. The normalized spacial score (nSPS) is 44.5. The molecule has 0 aromatic heterocycles. The molecule has 70 valence electrons. The van der Waals surface area contributed by atoms with Gasteiger partial charge in [-0.3, -0.25) is 9.80 Å². The molecule has 2 heteroatoms. The second-order valence-electron chi connectivity index (χ2n) is 4.40. The fourth-order valence-electron chi connectivity index (χ4n) is 1.84. The largest absolute Gasteiger partial charge is 0.298 e. The summed E-state index contributed by atoms with van der Waals surface area (Å²) in [6.07, 6.45) is 2.79. The lowest BCUT2D eigenvalue weighted by Gasteiger charge is -2.02. The maximum Gasteiger partial charge on any atom is 0.0195 e. The van der Waals surface area contributed by atoms with Gasteiger partial charge in [-0.05, 0) is 39.8 Å². The number of hydrogen-bond donors (Lipinski definition) is 0. The highest BCUT2D eigenvalue weighted by Gasteiger charge is 2.29. The number of hydrogen-bond acceptors (Lipinski definition) is 2. The Bertz CT molecular complexity index is 140. The van der Waals surface area contributed by atoms with Gasteiger partial charge in [-0.2, -0.15) is 0 Å². The van der Waals surface area contributed by atoms with Crippen molar-refractivity contribution in [2.75, 3.05) is 26.2 Å². The highest BCUT2D eigenvalue weighted by atomic mass is 15.3. The van der Waals surface area contributed by atoms with E-state index in [9.17, 15) is 0 Å². The minimum absolute atomic E-state index is 0.894. The van der Waals surface area contributed by atoms with E-state index in [0.717, 1.165) is 12.1 Å². The van der Waals surface area contributed by atoms with Crippen molar-refractivity contribution < 1.29 is 0 Å². The van der Waals surface area contributed by atoms with Gasteiger partial charge in [-0.25, -0.2) is 0 Å². The molecule has 2 nitrogen and oxygen atoms in total. The van der Waals surface area contributed by atoms with Crippen molar-refractivity contribution in [1.29, 1.82) is 0 Å². The smallest absolute Gasteiger partial charge is 0.0195 e. The van der Waals surface area contributed by atoms with E-state index < -0.39 is 0 Å². The van der Waals surface area contributed by atoms with Gasteiger partial charge in [0.2, 0.25) is 0 Å². The third kappa shape index (κ3) is 2.20. The van der Waals surface area contributed by atoms with Gasteiger partial charge in [0.15, 0.2) is 0 Å². The first-order valence-corrected chi connectivity index (χ1v) is 5.25. The Morgan fingerprint density at radius 3 is 1.50 bits per heavy atom. The van der Waals surface area contributed by atoms with Crippen LogP contribution < -0.4 is 0 Å². The van der Waals surface area contributed by atoms with E-state index in [4.69, 9.17) is 0 Å². The van der Waals surface area contributed by atoms with Gasteiger partial charge in [0, 0.05) is 25.2 Å². The Morgan fingerprint density at radius 1 is 0.917 bits per heavy atom.